The molecule has 42 valence electrons. The van der Waals surface area contributed by atoms with Crippen molar-refractivity contribution in [2.45, 2.75) is 12.8 Å². The average molecular weight is 118 g/mol. The molecule has 1 heterocycles. The SMILES string of the molecule is C[N+]1(S)CCCC1. The minimum atomic E-state index is 0.944. The first-order chi connectivity index (χ1) is 3.21. The van der Waals surface area contributed by atoms with Gasteiger partial charge in [0.2, 0.25) is 0 Å². The van der Waals surface area contributed by atoms with Crippen molar-refractivity contribution in [3.63, 3.8) is 0 Å². The summed E-state index contributed by atoms with van der Waals surface area (Å²) in [4.78, 5) is 0. The van der Waals surface area contributed by atoms with Gasteiger partial charge in [0.15, 0.2) is 0 Å². The zero-order valence-corrected chi connectivity index (χ0v) is 5.62. The Bertz CT molecular complexity index is 62.5. The maximum atomic E-state index is 4.39. The summed E-state index contributed by atoms with van der Waals surface area (Å²) in [5, 5.41) is 0. The van der Waals surface area contributed by atoms with Gasteiger partial charge in [0.1, 0.15) is 0 Å². The molecule has 1 nitrogen and oxygen atoms in total. The second-order valence-corrected chi connectivity index (χ2v) is 3.46. The van der Waals surface area contributed by atoms with Gasteiger partial charge in [-0.3, -0.25) is 3.89 Å². The molecule has 0 bridgehead atoms. The predicted octanol–water partition coefficient (Wildman–Crippen LogP) is 1.07. The van der Waals surface area contributed by atoms with Crippen molar-refractivity contribution in [2.75, 3.05) is 20.1 Å². The maximum Gasteiger partial charge on any atom is 0.0890 e. The largest absolute Gasteiger partial charge is 0.267 e. The molecule has 0 aromatic rings. The average Bonchev–Trinajstić information content (AvgIpc) is 1.84. The maximum absolute atomic E-state index is 4.39. The van der Waals surface area contributed by atoms with E-state index in [2.05, 4.69) is 19.9 Å². The number of hydrogen-bond acceptors (Lipinski definition) is 1. The molecule has 1 aliphatic heterocycles. The van der Waals surface area contributed by atoms with E-state index in [-0.39, 0.29) is 0 Å². The van der Waals surface area contributed by atoms with E-state index in [1.807, 2.05) is 0 Å². The number of nitrogens with zero attached hydrogens (tertiary/aromatic N) is 1. The Morgan fingerprint density at radius 2 is 1.71 bits per heavy atom. The van der Waals surface area contributed by atoms with Gasteiger partial charge in [-0.15, -0.1) is 0 Å². The molecule has 1 fully saturated rings. The van der Waals surface area contributed by atoms with Crippen LogP contribution in [0.2, 0.25) is 0 Å². The van der Waals surface area contributed by atoms with E-state index >= 15 is 0 Å². The zero-order chi connectivity index (χ0) is 5.33. The van der Waals surface area contributed by atoms with Crippen LogP contribution in [0.1, 0.15) is 12.8 Å². The third-order valence-electron chi connectivity index (χ3n) is 1.53. The molecule has 7 heavy (non-hydrogen) atoms. The van der Waals surface area contributed by atoms with Gasteiger partial charge in [-0.05, 0) is 0 Å². The van der Waals surface area contributed by atoms with Crippen LogP contribution in [0.4, 0.5) is 0 Å². The summed E-state index contributed by atoms with van der Waals surface area (Å²) in [6.07, 6.45) is 2.72. The van der Waals surface area contributed by atoms with E-state index in [1.165, 1.54) is 25.9 Å². The molecule has 1 saturated heterocycles. The standard InChI is InChI=1S/C5H12NS/c1-6(7)4-2-3-5-6/h7H,2-5H2,1H3/q+1. The molecular formula is C5H12NS+. The van der Waals surface area contributed by atoms with E-state index in [0.29, 0.717) is 0 Å². The molecule has 0 aromatic heterocycles. The van der Waals surface area contributed by atoms with E-state index in [0.717, 1.165) is 3.89 Å². The minimum Gasteiger partial charge on any atom is -0.267 e. The third-order valence-corrected chi connectivity index (χ3v) is 1.93. The van der Waals surface area contributed by atoms with Crippen molar-refractivity contribution in [2.24, 2.45) is 0 Å². The van der Waals surface area contributed by atoms with Crippen molar-refractivity contribution >= 4 is 12.8 Å². The lowest BCUT2D eigenvalue weighted by Gasteiger charge is -2.18. The topological polar surface area (TPSA) is 0 Å². The van der Waals surface area contributed by atoms with Gasteiger partial charge >= 0.3 is 0 Å². The van der Waals surface area contributed by atoms with Crippen LogP contribution < -0.4 is 0 Å². The van der Waals surface area contributed by atoms with Gasteiger partial charge in [-0.1, -0.05) is 0 Å². The molecule has 0 atom stereocenters. The lowest BCUT2D eigenvalue weighted by molar-refractivity contribution is -0.755. The van der Waals surface area contributed by atoms with Crippen molar-refractivity contribution < 1.29 is 3.89 Å². The van der Waals surface area contributed by atoms with Crippen LogP contribution in [0.5, 0.6) is 0 Å². The summed E-state index contributed by atoms with van der Waals surface area (Å²) in [5.41, 5.74) is 0. The fourth-order valence-corrected chi connectivity index (χ4v) is 1.30. The van der Waals surface area contributed by atoms with Crippen molar-refractivity contribution in [3.05, 3.63) is 0 Å². The molecule has 0 aromatic carbocycles. The van der Waals surface area contributed by atoms with Crippen molar-refractivity contribution in [3.8, 4) is 0 Å². The summed E-state index contributed by atoms with van der Waals surface area (Å²) in [7, 11) is 2.16. The predicted molar refractivity (Wildman–Crippen MR) is 34.1 cm³/mol. The van der Waals surface area contributed by atoms with Crippen molar-refractivity contribution in [1.82, 2.24) is 0 Å². The van der Waals surface area contributed by atoms with E-state index in [1.54, 1.807) is 0 Å². The Labute approximate surface area is 50.5 Å². The molecule has 1 rings (SSSR count). The highest BCUT2D eigenvalue weighted by Crippen LogP contribution is 2.17. The van der Waals surface area contributed by atoms with Gasteiger partial charge in [-0.2, -0.15) is 0 Å². The van der Waals surface area contributed by atoms with Crippen LogP contribution >= 0.6 is 12.8 Å². The highest BCUT2D eigenvalue weighted by molar-refractivity contribution is 7.74. The summed E-state index contributed by atoms with van der Waals surface area (Å²) in [6, 6.07) is 0. The Morgan fingerprint density at radius 1 is 1.29 bits per heavy atom. The van der Waals surface area contributed by atoms with Gasteiger partial charge in [0, 0.05) is 12.8 Å². The number of rotatable bonds is 0. The van der Waals surface area contributed by atoms with Gasteiger partial charge in [-0.25, -0.2) is 0 Å². The molecule has 0 aliphatic carbocycles. The number of hydrogen-bond donors (Lipinski definition) is 1. The van der Waals surface area contributed by atoms with Crippen LogP contribution in [0.25, 0.3) is 0 Å². The molecule has 0 radical (unpaired) electrons. The smallest absolute Gasteiger partial charge is 0.0890 e. The monoisotopic (exact) mass is 118 g/mol. The molecule has 0 spiro atoms. The first-order valence-corrected chi connectivity index (χ1v) is 3.18. The third kappa shape index (κ3) is 1.35. The molecule has 2 heteroatoms. The lowest BCUT2D eigenvalue weighted by atomic mass is 10.4. The number of likely N-dealkylation sites (tertiary alicyclic amines) is 1. The molecule has 0 unspecified atom stereocenters. The van der Waals surface area contributed by atoms with E-state index < -0.39 is 0 Å². The van der Waals surface area contributed by atoms with Gasteiger partial charge in [0.05, 0.1) is 33.0 Å². The first-order valence-electron chi connectivity index (χ1n) is 2.78. The highest BCUT2D eigenvalue weighted by Gasteiger charge is 2.21. The Hall–Kier alpha value is 0.310. The summed E-state index contributed by atoms with van der Waals surface area (Å²) in [5.74, 6) is 0. The minimum absolute atomic E-state index is 0.944. The molecule has 0 saturated carbocycles. The molecule has 1 aliphatic rings. The molecular weight excluding hydrogens is 106 g/mol. The van der Waals surface area contributed by atoms with Crippen LogP contribution in [0, 0.1) is 0 Å². The Morgan fingerprint density at radius 3 is 1.86 bits per heavy atom. The summed E-state index contributed by atoms with van der Waals surface area (Å²) < 4.78 is 0.944. The van der Waals surface area contributed by atoms with E-state index in [9.17, 15) is 0 Å². The summed E-state index contributed by atoms with van der Waals surface area (Å²) in [6.45, 7) is 2.51. The number of thiol groups is 1. The zero-order valence-electron chi connectivity index (χ0n) is 4.72. The van der Waals surface area contributed by atoms with Gasteiger partial charge in [0.25, 0.3) is 0 Å². The number of quaternary nitrogens is 1. The van der Waals surface area contributed by atoms with Crippen molar-refractivity contribution in [1.29, 1.82) is 0 Å². The van der Waals surface area contributed by atoms with Crippen LogP contribution in [0.3, 0.4) is 0 Å². The van der Waals surface area contributed by atoms with Gasteiger partial charge < -0.3 is 0 Å². The highest BCUT2D eigenvalue weighted by atomic mass is 32.1. The van der Waals surface area contributed by atoms with Crippen LogP contribution in [0.15, 0.2) is 0 Å². The second-order valence-electron chi connectivity index (χ2n) is 2.49. The Balaban J connectivity index is 2.40. The van der Waals surface area contributed by atoms with Crippen LogP contribution in [-0.2, 0) is 0 Å². The first kappa shape index (κ1) is 5.45. The fourth-order valence-electron chi connectivity index (χ4n) is 1.02. The van der Waals surface area contributed by atoms with Crippen LogP contribution in [-0.4, -0.2) is 24.0 Å². The second kappa shape index (κ2) is 1.67. The normalized spacial score (nSPS) is 28.3. The molecule has 0 amide bonds. The summed E-state index contributed by atoms with van der Waals surface area (Å²) >= 11 is 4.39. The quantitative estimate of drug-likeness (QED) is 0.357. The fraction of sp³-hybridized carbons (Fsp3) is 1.00. The van der Waals surface area contributed by atoms with E-state index in [4.69, 9.17) is 0 Å². The lowest BCUT2D eigenvalue weighted by Crippen LogP contribution is -2.28. The Kier molecular flexibility index (Phi) is 1.30. The molecule has 0 N–H and O–H groups in total.